The molecule has 0 saturated heterocycles. The molecule has 2 aromatic rings. The van der Waals surface area contributed by atoms with Crippen LogP contribution in [-0.4, -0.2) is 27.5 Å². The Bertz CT molecular complexity index is 702. The number of hydrogen-bond donors (Lipinski definition) is 2. The van der Waals surface area contributed by atoms with E-state index in [1.807, 2.05) is 24.3 Å². The maximum Gasteiger partial charge on any atom is 0.305 e. The number of hydrogen-bond acceptors (Lipinski definition) is 3. The SMILES string of the molecule is O=C(O)CC1(NC(=O)c2ccnc3ccccc23)CCC1. The van der Waals surface area contributed by atoms with Gasteiger partial charge in [-0.1, -0.05) is 18.2 Å². The highest BCUT2D eigenvalue weighted by Gasteiger charge is 2.40. The van der Waals surface area contributed by atoms with Crippen molar-refractivity contribution in [3.8, 4) is 0 Å². The summed E-state index contributed by atoms with van der Waals surface area (Å²) in [6.07, 6.45) is 3.95. The summed E-state index contributed by atoms with van der Waals surface area (Å²) in [5, 5.41) is 12.7. The van der Waals surface area contributed by atoms with Crippen LogP contribution in [0.25, 0.3) is 10.9 Å². The molecule has 1 aromatic heterocycles. The van der Waals surface area contributed by atoms with E-state index >= 15 is 0 Å². The van der Waals surface area contributed by atoms with Crippen LogP contribution in [0.3, 0.4) is 0 Å². The zero-order valence-electron chi connectivity index (χ0n) is 11.5. The first-order chi connectivity index (χ1) is 10.1. The number of rotatable bonds is 4. The molecule has 5 heteroatoms. The van der Waals surface area contributed by atoms with Crippen molar-refractivity contribution in [2.75, 3.05) is 0 Å². The van der Waals surface area contributed by atoms with Crippen LogP contribution in [0.1, 0.15) is 36.0 Å². The maximum atomic E-state index is 12.5. The highest BCUT2D eigenvalue weighted by molar-refractivity contribution is 6.06. The Kier molecular flexibility index (Phi) is 3.33. The van der Waals surface area contributed by atoms with Crippen LogP contribution in [0.2, 0.25) is 0 Å². The monoisotopic (exact) mass is 284 g/mol. The Hall–Kier alpha value is -2.43. The van der Waals surface area contributed by atoms with Gasteiger partial charge >= 0.3 is 5.97 Å². The van der Waals surface area contributed by atoms with Crippen molar-refractivity contribution in [2.24, 2.45) is 0 Å². The normalized spacial score (nSPS) is 16.2. The summed E-state index contributed by atoms with van der Waals surface area (Å²) in [4.78, 5) is 27.7. The van der Waals surface area contributed by atoms with Gasteiger partial charge in [0.15, 0.2) is 0 Å². The Labute approximate surface area is 122 Å². The molecule has 3 rings (SSSR count). The van der Waals surface area contributed by atoms with Crippen LogP contribution in [-0.2, 0) is 4.79 Å². The van der Waals surface area contributed by atoms with E-state index in [0.717, 1.165) is 17.3 Å². The van der Waals surface area contributed by atoms with Gasteiger partial charge in [0.1, 0.15) is 0 Å². The van der Waals surface area contributed by atoms with Crippen LogP contribution in [0, 0.1) is 0 Å². The molecule has 1 heterocycles. The number of carbonyl (C=O) groups excluding carboxylic acids is 1. The lowest BCUT2D eigenvalue weighted by molar-refractivity contribution is -0.139. The molecule has 1 aliphatic carbocycles. The molecule has 2 N–H and O–H groups in total. The van der Waals surface area contributed by atoms with Crippen LogP contribution in [0.15, 0.2) is 36.5 Å². The summed E-state index contributed by atoms with van der Waals surface area (Å²) in [5.41, 5.74) is 0.705. The number of amides is 1. The van der Waals surface area contributed by atoms with Crippen LogP contribution >= 0.6 is 0 Å². The molecule has 0 spiro atoms. The lowest BCUT2D eigenvalue weighted by atomic mass is 9.74. The number of nitrogens with one attached hydrogen (secondary N) is 1. The van der Waals surface area contributed by atoms with Gasteiger partial charge in [-0.15, -0.1) is 0 Å². The van der Waals surface area contributed by atoms with Gasteiger partial charge in [-0.25, -0.2) is 0 Å². The number of carbonyl (C=O) groups is 2. The van der Waals surface area contributed by atoms with E-state index in [4.69, 9.17) is 5.11 Å². The molecule has 1 aromatic carbocycles. The molecule has 5 nitrogen and oxygen atoms in total. The van der Waals surface area contributed by atoms with Crippen molar-refractivity contribution in [1.29, 1.82) is 0 Å². The second-order valence-corrected chi connectivity index (χ2v) is 5.53. The van der Waals surface area contributed by atoms with Crippen molar-refractivity contribution in [3.63, 3.8) is 0 Å². The van der Waals surface area contributed by atoms with E-state index in [1.54, 1.807) is 12.3 Å². The van der Waals surface area contributed by atoms with E-state index in [2.05, 4.69) is 10.3 Å². The largest absolute Gasteiger partial charge is 0.481 e. The lowest BCUT2D eigenvalue weighted by Crippen LogP contribution is -2.54. The number of carboxylic acid groups (broad SMARTS) is 1. The fourth-order valence-corrected chi connectivity index (χ4v) is 2.84. The third kappa shape index (κ3) is 2.59. The van der Waals surface area contributed by atoms with Gasteiger partial charge in [-0.2, -0.15) is 0 Å². The molecular weight excluding hydrogens is 268 g/mol. The number of aliphatic carboxylic acids is 1. The number of benzene rings is 1. The summed E-state index contributed by atoms with van der Waals surface area (Å²) in [6.45, 7) is 0. The van der Waals surface area contributed by atoms with Crippen LogP contribution < -0.4 is 5.32 Å². The van der Waals surface area contributed by atoms with Crippen molar-refractivity contribution < 1.29 is 14.7 Å². The molecule has 0 aliphatic heterocycles. The molecule has 0 radical (unpaired) electrons. The number of fused-ring (bicyclic) bond motifs is 1. The quantitative estimate of drug-likeness (QED) is 0.903. The molecule has 0 bridgehead atoms. The molecule has 1 amide bonds. The Morgan fingerprint density at radius 1 is 1.24 bits per heavy atom. The summed E-state index contributed by atoms with van der Waals surface area (Å²) >= 11 is 0. The summed E-state index contributed by atoms with van der Waals surface area (Å²) < 4.78 is 0. The molecule has 0 atom stereocenters. The first-order valence-electron chi connectivity index (χ1n) is 6.98. The maximum absolute atomic E-state index is 12.5. The first-order valence-corrected chi connectivity index (χ1v) is 6.98. The number of carboxylic acids is 1. The summed E-state index contributed by atoms with van der Waals surface area (Å²) in [6, 6.07) is 9.10. The van der Waals surface area contributed by atoms with Crippen molar-refractivity contribution in [2.45, 2.75) is 31.2 Å². The standard InChI is InChI=1S/C16H16N2O3/c19-14(20)10-16(7-3-8-16)18-15(21)12-6-9-17-13-5-2-1-4-11(12)13/h1-2,4-6,9H,3,7-8,10H2,(H,18,21)(H,19,20). The molecule has 1 aliphatic rings. The lowest BCUT2D eigenvalue weighted by Gasteiger charge is -2.41. The van der Waals surface area contributed by atoms with E-state index in [-0.39, 0.29) is 12.3 Å². The number of nitrogens with zero attached hydrogens (tertiary/aromatic N) is 1. The fourth-order valence-electron chi connectivity index (χ4n) is 2.84. The minimum absolute atomic E-state index is 0.0260. The highest BCUT2D eigenvalue weighted by Crippen LogP contribution is 2.35. The Balaban J connectivity index is 1.89. The summed E-state index contributed by atoms with van der Waals surface area (Å²) in [5.74, 6) is -1.11. The fraction of sp³-hybridized carbons (Fsp3) is 0.312. The highest BCUT2D eigenvalue weighted by atomic mass is 16.4. The number of para-hydroxylation sites is 1. The van der Waals surface area contributed by atoms with Gasteiger partial charge in [0, 0.05) is 11.6 Å². The van der Waals surface area contributed by atoms with Gasteiger partial charge in [0.2, 0.25) is 0 Å². The minimum Gasteiger partial charge on any atom is -0.481 e. The second-order valence-electron chi connectivity index (χ2n) is 5.53. The van der Waals surface area contributed by atoms with Crippen molar-refractivity contribution in [3.05, 3.63) is 42.1 Å². The number of pyridine rings is 1. The van der Waals surface area contributed by atoms with Gasteiger partial charge in [0.25, 0.3) is 5.91 Å². The third-order valence-corrected chi connectivity index (χ3v) is 4.07. The van der Waals surface area contributed by atoms with Gasteiger partial charge in [0.05, 0.1) is 23.0 Å². The average molecular weight is 284 g/mol. The van der Waals surface area contributed by atoms with E-state index in [9.17, 15) is 9.59 Å². The molecule has 1 fully saturated rings. The van der Waals surface area contributed by atoms with E-state index in [0.29, 0.717) is 18.4 Å². The first kappa shape index (κ1) is 13.5. The zero-order valence-corrected chi connectivity index (χ0v) is 11.5. The molecular formula is C16H16N2O3. The van der Waals surface area contributed by atoms with Gasteiger partial charge < -0.3 is 10.4 Å². The smallest absolute Gasteiger partial charge is 0.305 e. The molecule has 0 unspecified atom stereocenters. The molecule has 1 saturated carbocycles. The Morgan fingerprint density at radius 3 is 2.67 bits per heavy atom. The van der Waals surface area contributed by atoms with E-state index in [1.165, 1.54) is 0 Å². The van der Waals surface area contributed by atoms with Crippen molar-refractivity contribution in [1.82, 2.24) is 10.3 Å². The van der Waals surface area contributed by atoms with Gasteiger partial charge in [-0.3, -0.25) is 14.6 Å². The second kappa shape index (κ2) is 5.16. The predicted molar refractivity (Wildman–Crippen MR) is 78.0 cm³/mol. The number of aromatic nitrogens is 1. The average Bonchev–Trinajstić information content (AvgIpc) is 2.43. The third-order valence-electron chi connectivity index (χ3n) is 4.07. The minimum atomic E-state index is -0.880. The van der Waals surface area contributed by atoms with E-state index < -0.39 is 11.5 Å². The van der Waals surface area contributed by atoms with Crippen LogP contribution in [0.5, 0.6) is 0 Å². The van der Waals surface area contributed by atoms with Gasteiger partial charge in [-0.05, 0) is 31.4 Å². The van der Waals surface area contributed by atoms with Crippen LogP contribution in [0.4, 0.5) is 0 Å². The zero-order chi connectivity index (χ0) is 14.9. The predicted octanol–water partition coefficient (Wildman–Crippen LogP) is 2.36. The molecule has 108 valence electrons. The Morgan fingerprint density at radius 2 is 2.00 bits per heavy atom. The summed E-state index contributed by atoms with van der Waals surface area (Å²) in [7, 11) is 0. The molecule has 21 heavy (non-hydrogen) atoms. The topological polar surface area (TPSA) is 79.3 Å². The van der Waals surface area contributed by atoms with Crippen molar-refractivity contribution >= 4 is 22.8 Å².